The molecule has 6 nitrogen and oxygen atoms in total. The first-order chi connectivity index (χ1) is 11.4. The Hall–Kier alpha value is -2.80. The lowest BCUT2D eigenvalue weighted by atomic mass is 10.1. The van der Waals surface area contributed by atoms with E-state index in [1.165, 1.54) is 12.1 Å². The summed E-state index contributed by atoms with van der Waals surface area (Å²) in [5.41, 5.74) is -0.697. The van der Waals surface area contributed by atoms with E-state index < -0.39 is 22.8 Å². The van der Waals surface area contributed by atoms with Crippen molar-refractivity contribution in [2.45, 2.75) is 6.92 Å². The number of aromatic hydroxyl groups is 2. The number of amides is 1. The van der Waals surface area contributed by atoms with Gasteiger partial charge in [-0.05, 0) is 47.1 Å². The second kappa shape index (κ2) is 6.01. The van der Waals surface area contributed by atoms with E-state index in [0.29, 0.717) is 15.7 Å². The van der Waals surface area contributed by atoms with Crippen LogP contribution in [0.3, 0.4) is 0 Å². The van der Waals surface area contributed by atoms with Crippen molar-refractivity contribution in [1.82, 2.24) is 0 Å². The average molecular weight is 390 g/mol. The third-order valence-electron chi connectivity index (χ3n) is 3.62. The number of anilines is 1. The topological polar surface area (TPSA) is 99.8 Å². The molecule has 0 atom stereocenters. The molecule has 0 saturated carbocycles. The van der Waals surface area contributed by atoms with E-state index in [1.54, 1.807) is 31.2 Å². The normalized spacial score (nSPS) is 10.8. The number of nitrogens with one attached hydrogen (secondary N) is 1. The van der Waals surface area contributed by atoms with Crippen LogP contribution in [0.15, 0.2) is 50.1 Å². The number of hydrogen-bond donors (Lipinski definition) is 3. The lowest BCUT2D eigenvalue weighted by molar-refractivity contribution is 0.102. The number of para-hydroxylation sites is 1. The summed E-state index contributed by atoms with van der Waals surface area (Å²) < 4.78 is 5.75. The molecule has 1 amide bonds. The molecule has 0 spiro atoms. The van der Waals surface area contributed by atoms with Gasteiger partial charge in [0.15, 0.2) is 5.56 Å². The van der Waals surface area contributed by atoms with E-state index in [9.17, 15) is 19.8 Å². The van der Waals surface area contributed by atoms with Crippen molar-refractivity contribution in [3.8, 4) is 11.5 Å². The van der Waals surface area contributed by atoms with Gasteiger partial charge in [0, 0.05) is 10.0 Å². The molecule has 122 valence electrons. The third kappa shape index (κ3) is 2.63. The predicted molar refractivity (Wildman–Crippen MR) is 92.6 cm³/mol. The van der Waals surface area contributed by atoms with Crippen LogP contribution in [0.2, 0.25) is 0 Å². The zero-order valence-electron chi connectivity index (χ0n) is 12.5. The maximum Gasteiger partial charge on any atom is 0.353 e. The fourth-order valence-electron chi connectivity index (χ4n) is 2.32. The van der Waals surface area contributed by atoms with Gasteiger partial charge in [-0.2, -0.15) is 0 Å². The van der Waals surface area contributed by atoms with Crippen molar-refractivity contribution < 1.29 is 19.4 Å². The Morgan fingerprint density at radius 3 is 2.58 bits per heavy atom. The summed E-state index contributed by atoms with van der Waals surface area (Å²) in [7, 11) is 0. The standard InChI is InChI=1S/C17H12BrNO5/c1-8-12(20)7-6-9-14(21)13(17(23)24-15(8)9)16(22)19-11-5-3-2-4-10(11)18/h2-7,20-21H,1H3,(H,19,22). The summed E-state index contributed by atoms with van der Waals surface area (Å²) in [6, 6.07) is 9.60. The van der Waals surface area contributed by atoms with E-state index >= 15 is 0 Å². The Balaban J connectivity index is 2.13. The Labute approximate surface area is 144 Å². The summed E-state index contributed by atoms with van der Waals surface area (Å²) in [5.74, 6) is -1.36. The molecule has 7 heteroatoms. The number of benzene rings is 2. The fraction of sp³-hybridized carbons (Fsp3) is 0.0588. The molecule has 2 aromatic carbocycles. The Morgan fingerprint density at radius 2 is 1.88 bits per heavy atom. The van der Waals surface area contributed by atoms with Crippen molar-refractivity contribution in [2.24, 2.45) is 0 Å². The molecule has 3 aromatic rings. The van der Waals surface area contributed by atoms with E-state index in [2.05, 4.69) is 21.2 Å². The SMILES string of the molecule is Cc1c(O)ccc2c(O)c(C(=O)Nc3ccccc3Br)c(=O)oc12. The number of carbonyl (C=O) groups is 1. The second-order valence-electron chi connectivity index (χ2n) is 5.13. The quantitative estimate of drug-likeness (QED) is 0.582. The van der Waals surface area contributed by atoms with Gasteiger partial charge in [-0.15, -0.1) is 0 Å². The first-order valence-corrected chi connectivity index (χ1v) is 7.73. The van der Waals surface area contributed by atoms with Gasteiger partial charge >= 0.3 is 5.63 Å². The van der Waals surface area contributed by atoms with Crippen LogP contribution in [0, 0.1) is 6.92 Å². The number of aryl methyl sites for hydroxylation is 1. The van der Waals surface area contributed by atoms with Crippen LogP contribution in [-0.2, 0) is 0 Å². The minimum Gasteiger partial charge on any atom is -0.508 e. The number of fused-ring (bicyclic) bond motifs is 1. The summed E-state index contributed by atoms with van der Waals surface area (Å²) in [6.07, 6.45) is 0. The van der Waals surface area contributed by atoms with Crippen LogP contribution >= 0.6 is 15.9 Å². The first kappa shape index (κ1) is 16.1. The maximum absolute atomic E-state index is 12.4. The fourth-order valence-corrected chi connectivity index (χ4v) is 2.71. The van der Waals surface area contributed by atoms with Crippen molar-refractivity contribution in [1.29, 1.82) is 0 Å². The van der Waals surface area contributed by atoms with Crippen LogP contribution < -0.4 is 10.9 Å². The number of phenols is 1. The average Bonchev–Trinajstić information content (AvgIpc) is 2.53. The van der Waals surface area contributed by atoms with Gasteiger partial charge in [-0.3, -0.25) is 4.79 Å². The van der Waals surface area contributed by atoms with Crippen LogP contribution in [0.1, 0.15) is 15.9 Å². The molecular weight excluding hydrogens is 378 g/mol. The second-order valence-corrected chi connectivity index (χ2v) is 5.99. The summed E-state index contributed by atoms with van der Waals surface area (Å²) in [4.78, 5) is 24.6. The molecule has 0 aliphatic rings. The van der Waals surface area contributed by atoms with Crippen molar-refractivity contribution in [3.63, 3.8) is 0 Å². The van der Waals surface area contributed by atoms with Crippen LogP contribution in [0.4, 0.5) is 5.69 Å². The van der Waals surface area contributed by atoms with Crippen LogP contribution in [0.25, 0.3) is 11.0 Å². The highest BCUT2D eigenvalue weighted by Crippen LogP contribution is 2.33. The van der Waals surface area contributed by atoms with Crippen LogP contribution in [0.5, 0.6) is 11.5 Å². The molecule has 0 aliphatic heterocycles. The molecule has 0 aliphatic carbocycles. The molecule has 0 fully saturated rings. The highest BCUT2D eigenvalue weighted by Gasteiger charge is 2.22. The highest BCUT2D eigenvalue weighted by molar-refractivity contribution is 9.10. The lowest BCUT2D eigenvalue weighted by Gasteiger charge is -2.10. The third-order valence-corrected chi connectivity index (χ3v) is 4.31. The molecule has 0 unspecified atom stereocenters. The van der Waals surface area contributed by atoms with Crippen molar-refractivity contribution in [3.05, 3.63) is 62.4 Å². The van der Waals surface area contributed by atoms with Gasteiger partial charge in [0.2, 0.25) is 0 Å². The summed E-state index contributed by atoms with van der Waals surface area (Å²) in [6.45, 7) is 1.54. The number of carbonyl (C=O) groups excluding carboxylic acids is 1. The molecule has 3 N–H and O–H groups in total. The maximum atomic E-state index is 12.4. The number of phenolic OH excluding ortho intramolecular Hbond substituents is 1. The molecule has 0 bridgehead atoms. The molecule has 0 radical (unpaired) electrons. The van der Waals surface area contributed by atoms with Gasteiger partial charge < -0.3 is 19.9 Å². The van der Waals surface area contributed by atoms with Crippen molar-refractivity contribution >= 4 is 38.5 Å². The minimum absolute atomic E-state index is 0.0370. The Bertz CT molecular complexity index is 1030. The summed E-state index contributed by atoms with van der Waals surface area (Å²) >= 11 is 3.29. The van der Waals surface area contributed by atoms with Gasteiger partial charge in [0.1, 0.15) is 17.1 Å². The highest BCUT2D eigenvalue weighted by atomic mass is 79.9. The first-order valence-electron chi connectivity index (χ1n) is 6.94. The molecular formula is C17H12BrNO5. The van der Waals surface area contributed by atoms with E-state index in [0.717, 1.165) is 0 Å². The monoisotopic (exact) mass is 389 g/mol. The molecule has 0 saturated heterocycles. The van der Waals surface area contributed by atoms with Gasteiger partial charge in [-0.25, -0.2) is 4.79 Å². The zero-order valence-corrected chi connectivity index (χ0v) is 14.0. The van der Waals surface area contributed by atoms with E-state index in [4.69, 9.17) is 4.42 Å². The lowest BCUT2D eigenvalue weighted by Crippen LogP contribution is -2.21. The number of hydrogen-bond acceptors (Lipinski definition) is 5. The molecule has 1 heterocycles. The smallest absolute Gasteiger partial charge is 0.353 e. The number of halogens is 1. The molecule has 24 heavy (non-hydrogen) atoms. The number of rotatable bonds is 2. The predicted octanol–water partition coefficient (Wildman–Crippen LogP) is 3.53. The zero-order chi connectivity index (χ0) is 17.4. The van der Waals surface area contributed by atoms with Gasteiger partial charge in [0.05, 0.1) is 11.1 Å². The molecule has 3 rings (SSSR count). The Kier molecular flexibility index (Phi) is 4.02. The summed E-state index contributed by atoms with van der Waals surface area (Å²) in [5, 5.41) is 22.7. The largest absolute Gasteiger partial charge is 0.508 e. The Morgan fingerprint density at radius 1 is 1.17 bits per heavy atom. The van der Waals surface area contributed by atoms with E-state index in [-0.39, 0.29) is 16.7 Å². The van der Waals surface area contributed by atoms with Gasteiger partial charge in [0.25, 0.3) is 5.91 Å². The van der Waals surface area contributed by atoms with E-state index in [1.807, 2.05) is 0 Å². The van der Waals surface area contributed by atoms with Gasteiger partial charge in [-0.1, -0.05) is 12.1 Å². The minimum atomic E-state index is -0.988. The van der Waals surface area contributed by atoms with Crippen LogP contribution in [-0.4, -0.2) is 16.1 Å². The van der Waals surface area contributed by atoms with Crippen molar-refractivity contribution in [2.75, 3.05) is 5.32 Å². The molecule has 1 aromatic heterocycles.